The van der Waals surface area contributed by atoms with E-state index in [4.69, 9.17) is 0 Å². The molecule has 2 heterocycles. The smallest absolute Gasteiger partial charge is 0.416 e. The molecule has 13 heteroatoms. The van der Waals surface area contributed by atoms with Crippen LogP contribution in [-0.4, -0.2) is 35.5 Å². The Labute approximate surface area is 185 Å². The number of anilines is 2. The minimum absolute atomic E-state index is 0. The number of nitrogens with one attached hydrogen (secondary N) is 3. The van der Waals surface area contributed by atoms with Crippen LogP contribution in [0.15, 0.2) is 24.3 Å². The van der Waals surface area contributed by atoms with Gasteiger partial charge >= 0.3 is 6.18 Å². The van der Waals surface area contributed by atoms with Crippen LogP contribution in [0.2, 0.25) is 0 Å². The largest absolute Gasteiger partial charge is 0.419 e. The standard InChI is InChI=1S/C17H18F4N5O2S.Re/c1-9-6-13(24-25-16(9)23-15-8-22-5-4-12(15)18)11-3-2-10(17(19,20)21)7-14(11)26-29(27)28;/h2-3,6-7,12,15,22H,4-5,8H2,1H3,(H,23,25)(H,26,27,28);/q-1;/t12-,15+;/m1./s1. The van der Waals surface area contributed by atoms with Crippen LogP contribution in [0.25, 0.3) is 11.3 Å². The van der Waals surface area contributed by atoms with Crippen molar-refractivity contribution in [3.63, 3.8) is 0 Å². The third-order valence-electron chi connectivity index (χ3n) is 4.52. The Morgan fingerprint density at radius 1 is 1.20 bits per heavy atom. The van der Waals surface area contributed by atoms with E-state index in [9.17, 15) is 26.0 Å². The fraction of sp³-hybridized carbons (Fsp3) is 0.412. The van der Waals surface area contributed by atoms with Gasteiger partial charge in [0.1, 0.15) is 6.17 Å². The van der Waals surface area contributed by atoms with Gasteiger partial charge in [0.15, 0.2) is 5.82 Å². The first-order chi connectivity index (χ1) is 13.6. The Bertz CT molecular complexity index is 966. The molecule has 0 spiro atoms. The first kappa shape index (κ1) is 24.5. The predicted molar refractivity (Wildman–Crippen MR) is 99.4 cm³/mol. The predicted octanol–water partition coefficient (Wildman–Crippen LogP) is 3.22. The maximum absolute atomic E-state index is 14.0. The van der Waals surface area contributed by atoms with Crippen molar-refractivity contribution in [2.75, 3.05) is 23.1 Å². The number of halogens is 4. The minimum Gasteiger partial charge on any atom is -0.419 e. The van der Waals surface area contributed by atoms with Gasteiger partial charge in [0, 0.05) is 49.1 Å². The Hall–Kier alpha value is -1.81. The Kier molecular flexibility index (Phi) is 8.15. The average Bonchev–Trinajstić information content (AvgIpc) is 2.64. The zero-order valence-electron chi connectivity index (χ0n) is 15.6. The van der Waals surface area contributed by atoms with Gasteiger partial charge in [-0.15, -0.1) is 10.2 Å². The molecule has 2 aromatic rings. The summed E-state index contributed by atoms with van der Waals surface area (Å²) in [4.78, 5) is 0. The van der Waals surface area contributed by atoms with E-state index in [0.29, 0.717) is 37.0 Å². The van der Waals surface area contributed by atoms with Gasteiger partial charge in [0.2, 0.25) is 0 Å². The molecule has 7 nitrogen and oxygen atoms in total. The van der Waals surface area contributed by atoms with Crippen LogP contribution < -0.4 is 15.4 Å². The third kappa shape index (κ3) is 5.88. The van der Waals surface area contributed by atoms with Gasteiger partial charge in [0.05, 0.1) is 17.3 Å². The minimum atomic E-state index is -4.63. The molecular weight excluding hydrogens is 600 g/mol. The molecule has 1 fully saturated rings. The number of rotatable bonds is 5. The molecule has 3 N–H and O–H groups in total. The van der Waals surface area contributed by atoms with Crippen molar-refractivity contribution in [2.24, 2.45) is 0 Å². The summed E-state index contributed by atoms with van der Waals surface area (Å²) in [5.74, 6) is 0.346. The topological polar surface area (TPSA) is 96.0 Å². The Morgan fingerprint density at radius 3 is 2.53 bits per heavy atom. The maximum atomic E-state index is 14.0. The van der Waals surface area contributed by atoms with Crippen LogP contribution in [0.1, 0.15) is 17.5 Å². The maximum Gasteiger partial charge on any atom is 0.416 e. The van der Waals surface area contributed by atoms with E-state index >= 15 is 0 Å². The van der Waals surface area contributed by atoms with Crippen molar-refractivity contribution >= 4 is 22.4 Å². The second-order valence-corrected chi connectivity index (χ2v) is 7.29. The third-order valence-corrected chi connectivity index (χ3v) is 4.91. The number of aromatic nitrogens is 2. The van der Waals surface area contributed by atoms with Gasteiger partial charge in [-0.3, -0.25) is 0 Å². The van der Waals surface area contributed by atoms with Crippen molar-refractivity contribution < 1.29 is 46.4 Å². The van der Waals surface area contributed by atoms with E-state index in [1.807, 2.05) is 4.72 Å². The molecule has 3 rings (SSSR count). The van der Waals surface area contributed by atoms with Crippen LogP contribution in [0.4, 0.5) is 29.1 Å². The second-order valence-electron chi connectivity index (χ2n) is 6.62. The first-order valence-corrected chi connectivity index (χ1v) is 9.76. The molecule has 0 bridgehead atoms. The number of aryl methyl sites for hydroxylation is 1. The van der Waals surface area contributed by atoms with Crippen molar-refractivity contribution in [1.29, 1.82) is 0 Å². The van der Waals surface area contributed by atoms with Crippen LogP contribution in [-0.2, 0) is 45.9 Å². The average molecular weight is 619 g/mol. The van der Waals surface area contributed by atoms with Crippen molar-refractivity contribution in [2.45, 2.75) is 31.7 Å². The van der Waals surface area contributed by atoms with Crippen LogP contribution >= 0.6 is 0 Å². The molecule has 1 aromatic carbocycles. The molecule has 0 amide bonds. The summed E-state index contributed by atoms with van der Waals surface area (Å²) in [6, 6.07) is 3.71. The van der Waals surface area contributed by atoms with Gasteiger partial charge in [-0.25, -0.2) is 4.39 Å². The number of alkyl halides is 4. The van der Waals surface area contributed by atoms with E-state index < -0.39 is 34.8 Å². The summed E-state index contributed by atoms with van der Waals surface area (Å²) in [6.07, 6.45) is -5.31. The second kappa shape index (κ2) is 10.00. The molecule has 30 heavy (non-hydrogen) atoms. The number of hydrogen-bond donors (Lipinski definition) is 3. The fourth-order valence-corrected chi connectivity index (χ4v) is 3.37. The summed E-state index contributed by atoms with van der Waals surface area (Å²) in [6.45, 7) is 2.70. The molecule has 0 unspecified atom stereocenters. The number of benzene rings is 1. The van der Waals surface area contributed by atoms with E-state index in [1.165, 1.54) is 0 Å². The molecular formula is C17H18F4N5O2ReS-. The molecule has 165 valence electrons. The first-order valence-electron chi connectivity index (χ1n) is 8.68. The zero-order valence-corrected chi connectivity index (χ0v) is 19.1. The van der Waals surface area contributed by atoms with Crippen molar-refractivity contribution in [1.82, 2.24) is 15.5 Å². The molecule has 0 aliphatic carbocycles. The molecule has 1 aliphatic heterocycles. The molecule has 1 saturated heterocycles. The molecule has 1 radical (unpaired) electrons. The normalized spacial score (nSPS) is 19.3. The van der Waals surface area contributed by atoms with Gasteiger partial charge in [-0.05, 0) is 43.7 Å². The monoisotopic (exact) mass is 619 g/mol. The quantitative estimate of drug-likeness (QED) is 0.352. The van der Waals surface area contributed by atoms with Gasteiger partial charge < -0.3 is 23.8 Å². The fourth-order valence-electron chi connectivity index (χ4n) is 3.02. The Morgan fingerprint density at radius 2 is 1.93 bits per heavy atom. The Balaban J connectivity index is 0.00000320. The van der Waals surface area contributed by atoms with E-state index in [2.05, 4.69) is 20.8 Å². The molecule has 1 aromatic heterocycles. The zero-order chi connectivity index (χ0) is 21.2. The van der Waals surface area contributed by atoms with Gasteiger partial charge in [0.25, 0.3) is 0 Å². The van der Waals surface area contributed by atoms with E-state index in [0.717, 1.165) is 12.1 Å². The van der Waals surface area contributed by atoms with Gasteiger partial charge in [-0.1, -0.05) is 6.07 Å². The summed E-state index contributed by atoms with van der Waals surface area (Å²) in [5, 5.41) is 14.1. The van der Waals surface area contributed by atoms with Crippen molar-refractivity contribution in [3.8, 4) is 11.3 Å². The molecule has 1 aliphatic rings. The van der Waals surface area contributed by atoms with E-state index in [1.54, 1.807) is 13.0 Å². The van der Waals surface area contributed by atoms with Crippen LogP contribution in [0.5, 0.6) is 0 Å². The summed E-state index contributed by atoms with van der Waals surface area (Å²) in [5.41, 5.74) is -0.388. The summed E-state index contributed by atoms with van der Waals surface area (Å²) >= 11 is 0. The van der Waals surface area contributed by atoms with Gasteiger partial charge in [-0.2, -0.15) is 13.2 Å². The van der Waals surface area contributed by atoms with Crippen LogP contribution in [0, 0.1) is 6.92 Å². The SMILES string of the molecule is Cc1cc(-c2ccc(C(F)(F)F)cc2N[S-](=O)=O)nnc1N[C@H]1CNCC[C@H]1F.[Re]. The number of nitrogens with zero attached hydrogens (tertiary/aromatic N) is 2. The van der Waals surface area contributed by atoms with E-state index in [-0.39, 0.29) is 37.4 Å². The molecule has 2 atom stereocenters. The van der Waals surface area contributed by atoms with Crippen LogP contribution in [0.3, 0.4) is 0 Å². The number of hydrogen-bond acceptors (Lipinski definition) is 7. The van der Waals surface area contributed by atoms with Crippen molar-refractivity contribution in [3.05, 3.63) is 35.4 Å². The summed E-state index contributed by atoms with van der Waals surface area (Å²) < 4.78 is 76.9. The number of piperidine rings is 1. The summed E-state index contributed by atoms with van der Waals surface area (Å²) in [7, 11) is -2.83. The molecule has 0 saturated carbocycles.